The number of carbonyl (C=O) groups excluding carboxylic acids is 1. The van der Waals surface area contributed by atoms with Crippen LogP contribution < -0.4 is 9.64 Å². The number of amides is 1. The number of rotatable bonds is 5. The normalized spacial score (nSPS) is 15.2. The Labute approximate surface area is 185 Å². The van der Waals surface area contributed by atoms with Crippen LogP contribution in [0.4, 0.5) is 5.69 Å². The molecule has 1 aliphatic heterocycles. The summed E-state index contributed by atoms with van der Waals surface area (Å²) in [5.41, 5.74) is 4.63. The van der Waals surface area contributed by atoms with E-state index >= 15 is 0 Å². The highest BCUT2D eigenvalue weighted by atomic mass is 35.5. The maximum absolute atomic E-state index is 13.5. The monoisotopic (exact) mass is 429 g/mol. The van der Waals surface area contributed by atoms with Gasteiger partial charge in [-0.1, -0.05) is 60.1 Å². The van der Waals surface area contributed by atoms with Crippen LogP contribution in [-0.4, -0.2) is 22.7 Å². The molecule has 0 unspecified atom stereocenters. The SMILES string of the molecule is CCOc1ccc(N2C(=O)c3[nH]nc(-c4ccccc4)c3[C@@H]2c2ccccc2Cl)cc1. The number of H-pyrrole nitrogens is 1. The van der Waals surface area contributed by atoms with Gasteiger partial charge >= 0.3 is 0 Å². The first-order chi connectivity index (χ1) is 15.2. The molecule has 0 fully saturated rings. The van der Waals surface area contributed by atoms with Crippen molar-refractivity contribution in [3.8, 4) is 17.0 Å². The summed E-state index contributed by atoms with van der Waals surface area (Å²) >= 11 is 6.61. The van der Waals surface area contributed by atoms with Crippen LogP contribution in [0.2, 0.25) is 5.02 Å². The molecule has 0 bridgehead atoms. The second kappa shape index (κ2) is 7.93. The smallest absolute Gasteiger partial charge is 0.277 e. The van der Waals surface area contributed by atoms with Crippen LogP contribution in [0.3, 0.4) is 0 Å². The lowest BCUT2D eigenvalue weighted by atomic mass is 9.96. The molecular weight excluding hydrogens is 410 g/mol. The van der Waals surface area contributed by atoms with Crippen molar-refractivity contribution in [2.75, 3.05) is 11.5 Å². The third-order valence-electron chi connectivity index (χ3n) is 5.44. The first kappa shape index (κ1) is 19.4. The molecular formula is C25H20ClN3O2. The van der Waals surface area contributed by atoms with E-state index in [1.54, 1.807) is 4.90 Å². The molecule has 3 aromatic carbocycles. The molecule has 154 valence electrons. The van der Waals surface area contributed by atoms with Crippen LogP contribution in [-0.2, 0) is 0 Å². The largest absolute Gasteiger partial charge is 0.494 e. The quantitative estimate of drug-likeness (QED) is 0.431. The molecule has 1 aliphatic rings. The number of halogens is 1. The zero-order valence-corrected chi connectivity index (χ0v) is 17.6. The minimum Gasteiger partial charge on any atom is -0.494 e. The van der Waals surface area contributed by atoms with Crippen LogP contribution in [0.25, 0.3) is 11.3 Å². The van der Waals surface area contributed by atoms with E-state index in [0.29, 0.717) is 17.3 Å². The van der Waals surface area contributed by atoms with Crippen molar-refractivity contribution >= 4 is 23.2 Å². The lowest BCUT2D eigenvalue weighted by Crippen LogP contribution is -2.29. The number of aromatic nitrogens is 2. The van der Waals surface area contributed by atoms with Crippen LogP contribution >= 0.6 is 11.6 Å². The van der Waals surface area contributed by atoms with Gasteiger partial charge in [-0.25, -0.2) is 0 Å². The van der Waals surface area contributed by atoms with E-state index in [4.69, 9.17) is 16.3 Å². The fraction of sp³-hybridized carbons (Fsp3) is 0.120. The van der Waals surface area contributed by atoms with E-state index in [0.717, 1.165) is 33.8 Å². The number of carbonyl (C=O) groups is 1. The van der Waals surface area contributed by atoms with Gasteiger partial charge in [0.1, 0.15) is 11.4 Å². The van der Waals surface area contributed by atoms with E-state index in [-0.39, 0.29) is 5.91 Å². The molecule has 0 saturated heterocycles. The van der Waals surface area contributed by atoms with Gasteiger partial charge in [0.25, 0.3) is 5.91 Å². The molecule has 1 aromatic heterocycles. The van der Waals surface area contributed by atoms with Crippen LogP contribution in [0.15, 0.2) is 78.9 Å². The number of benzene rings is 3. The van der Waals surface area contributed by atoms with Crippen LogP contribution in [0.5, 0.6) is 5.75 Å². The molecule has 5 nitrogen and oxygen atoms in total. The summed E-state index contributed by atoms with van der Waals surface area (Å²) < 4.78 is 5.56. The Kier molecular flexibility index (Phi) is 4.96. The Balaban J connectivity index is 1.69. The van der Waals surface area contributed by atoms with E-state index in [9.17, 15) is 4.79 Å². The fourth-order valence-corrected chi connectivity index (χ4v) is 4.33. The Morgan fingerprint density at radius 2 is 1.71 bits per heavy atom. The van der Waals surface area contributed by atoms with Gasteiger partial charge in [-0.2, -0.15) is 5.10 Å². The Morgan fingerprint density at radius 1 is 1.00 bits per heavy atom. The van der Waals surface area contributed by atoms with E-state index in [2.05, 4.69) is 10.2 Å². The topological polar surface area (TPSA) is 58.2 Å². The van der Waals surface area contributed by atoms with Crippen molar-refractivity contribution in [2.24, 2.45) is 0 Å². The maximum atomic E-state index is 13.5. The number of anilines is 1. The molecule has 1 amide bonds. The molecule has 0 spiro atoms. The highest BCUT2D eigenvalue weighted by Crippen LogP contribution is 2.46. The highest BCUT2D eigenvalue weighted by Gasteiger charge is 2.43. The van der Waals surface area contributed by atoms with Crippen LogP contribution in [0, 0.1) is 0 Å². The summed E-state index contributed by atoms with van der Waals surface area (Å²) in [6.45, 7) is 2.52. The van der Waals surface area contributed by atoms with Gasteiger partial charge in [-0.3, -0.25) is 14.8 Å². The van der Waals surface area contributed by atoms with Gasteiger partial charge in [-0.05, 0) is 42.8 Å². The molecule has 4 aromatic rings. The first-order valence-electron chi connectivity index (χ1n) is 10.1. The van der Waals surface area contributed by atoms with Gasteiger partial charge in [0.2, 0.25) is 0 Å². The number of hydrogen-bond donors (Lipinski definition) is 1. The second-order valence-corrected chi connectivity index (χ2v) is 7.66. The number of nitrogens with zero attached hydrogens (tertiary/aromatic N) is 2. The van der Waals surface area contributed by atoms with Gasteiger partial charge in [-0.15, -0.1) is 0 Å². The minimum atomic E-state index is -0.400. The number of ether oxygens (including phenoxy) is 1. The fourth-order valence-electron chi connectivity index (χ4n) is 4.09. The zero-order chi connectivity index (χ0) is 21.4. The van der Waals surface area contributed by atoms with Gasteiger partial charge in [0.05, 0.1) is 18.3 Å². The van der Waals surface area contributed by atoms with Crippen molar-refractivity contribution in [1.82, 2.24) is 10.2 Å². The summed E-state index contributed by atoms with van der Waals surface area (Å²) in [7, 11) is 0. The second-order valence-electron chi connectivity index (χ2n) is 7.25. The summed E-state index contributed by atoms with van der Waals surface area (Å²) in [6.07, 6.45) is 0. The Morgan fingerprint density at radius 3 is 2.42 bits per heavy atom. The molecule has 31 heavy (non-hydrogen) atoms. The minimum absolute atomic E-state index is 0.140. The number of fused-ring (bicyclic) bond motifs is 1. The molecule has 0 saturated carbocycles. The number of nitrogens with one attached hydrogen (secondary N) is 1. The Hall–Kier alpha value is -3.57. The first-order valence-corrected chi connectivity index (χ1v) is 10.5. The van der Waals surface area contributed by atoms with Gasteiger partial charge in [0, 0.05) is 21.8 Å². The molecule has 1 atom stereocenters. The average molecular weight is 430 g/mol. The average Bonchev–Trinajstić information content (AvgIpc) is 3.35. The van der Waals surface area contributed by atoms with E-state index < -0.39 is 6.04 Å². The molecule has 5 rings (SSSR count). The highest BCUT2D eigenvalue weighted by molar-refractivity contribution is 6.31. The Bertz CT molecular complexity index is 1240. The maximum Gasteiger partial charge on any atom is 0.277 e. The van der Waals surface area contributed by atoms with Crippen molar-refractivity contribution in [1.29, 1.82) is 0 Å². The molecule has 6 heteroatoms. The summed E-state index contributed by atoms with van der Waals surface area (Å²) in [5, 5.41) is 8.07. The van der Waals surface area contributed by atoms with E-state index in [1.807, 2.05) is 85.8 Å². The molecule has 0 aliphatic carbocycles. The van der Waals surface area contributed by atoms with Gasteiger partial charge in [0.15, 0.2) is 0 Å². The van der Waals surface area contributed by atoms with Crippen molar-refractivity contribution in [2.45, 2.75) is 13.0 Å². The third kappa shape index (κ3) is 3.27. The molecule has 0 radical (unpaired) electrons. The number of hydrogen-bond acceptors (Lipinski definition) is 3. The lowest BCUT2D eigenvalue weighted by molar-refractivity contribution is 0.0988. The standard InChI is InChI=1S/C25H20ClN3O2/c1-2-31-18-14-12-17(13-15-18)29-24(19-10-6-7-11-20(19)26)21-22(16-8-4-3-5-9-16)27-28-23(21)25(29)30/h3-15,24H,2H2,1H3,(H,27,28)/t24-/m0/s1. The summed E-state index contributed by atoms with van der Waals surface area (Å²) in [6, 6.07) is 24.6. The summed E-state index contributed by atoms with van der Waals surface area (Å²) in [4.78, 5) is 15.3. The molecule has 1 N–H and O–H groups in total. The van der Waals surface area contributed by atoms with Gasteiger partial charge < -0.3 is 4.74 Å². The van der Waals surface area contributed by atoms with Crippen molar-refractivity contribution < 1.29 is 9.53 Å². The predicted octanol–water partition coefficient (Wildman–Crippen LogP) is 5.88. The number of aromatic amines is 1. The van der Waals surface area contributed by atoms with Crippen LogP contribution in [0.1, 0.15) is 34.6 Å². The van der Waals surface area contributed by atoms with E-state index in [1.165, 1.54) is 0 Å². The molecule has 2 heterocycles. The summed E-state index contributed by atoms with van der Waals surface area (Å²) in [5.74, 6) is 0.621. The van der Waals surface area contributed by atoms with Crippen molar-refractivity contribution in [3.63, 3.8) is 0 Å². The van der Waals surface area contributed by atoms with Crippen molar-refractivity contribution in [3.05, 3.63) is 101 Å². The predicted molar refractivity (Wildman–Crippen MR) is 122 cm³/mol. The lowest BCUT2D eigenvalue weighted by Gasteiger charge is -2.27. The third-order valence-corrected chi connectivity index (χ3v) is 5.79. The zero-order valence-electron chi connectivity index (χ0n) is 16.9.